The zero-order valence-corrected chi connectivity index (χ0v) is 17.8. The Balaban J connectivity index is 1.74. The molecule has 5 aromatic rings. The fourth-order valence-corrected chi connectivity index (χ4v) is 4.56. The van der Waals surface area contributed by atoms with Crippen molar-refractivity contribution in [1.29, 1.82) is 0 Å². The maximum atomic E-state index is 14.9. The molecule has 0 bridgehead atoms. The van der Waals surface area contributed by atoms with Crippen LogP contribution in [0.1, 0.15) is 12.8 Å². The lowest BCUT2D eigenvalue weighted by Gasteiger charge is -2.08. The Morgan fingerprint density at radius 3 is 2.61 bits per heavy atom. The van der Waals surface area contributed by atoms with Crippen LogP contribution < -0.4 is 4.74 Å². The number of halogens is 2. The van der Waals surface area contributed by atoms with Gasteiger partial charge in [-0.05, 0) is 36.6 Å². The second kappa shape index (κ2) is 7.91. The number of hydrogen-bond donors (Lipinski definition) is 2. The molecule has 0 fully saturated rings. The monoisotopic (exact) mass is 436 g/mol. The van der Waals surface area contributed by atoms with Crippen LogP contribution in [0.5, 0.6) is 5.75 Å². The van der Waals surface area contributed by atoms with Crippen LogP contribution in [0.3, 0.4) is 0 Å². The van der Waals surface area contributed by atoms with Gasteiger partial charge in [-0.3, -0.25) is 0 Å². The normalized spacial score (nSPS) is 11.7. The number of aryl methyl sites for hydroxylation is 1. The van der Waals surface area contributed by atoms with E-state index in [2.05, 4.69) is 15.6 Å². The van der Waals surface area contributed by atoms with Gasteiger partial charge in [0.15, 0.2) is 11.6 Å². The first-order chi connectivity index (χ1) is 15.1. The molecule has 5 rings (SSSR count). The van der Waals surface area contributed by atoms with Gasteiger partial charge in [0, 0.05) is 64.2 Å². The average Bonchev–Trinajstić information content (AvgIpc) is 3.35. The number of aliphatic hydroxyl groups is 1. The van der Waals surface area contributed by atoms with E-state index in [1.165, 1.54) is 0 Å². The largest absolute Gasteiger partial charge is 0.490 e. The smallest absolute Gasteiger partial charge is 0.165 e. The molecule has 0 aliphatic rings. The van der Waals surface area contributed by atoms with E-state index in [1.807, 2.05) is 43.7 Å². The summed E-state index contributed by atoms with van der Waals surface area (Å²) >= 11 is 6.51. The van der Waals surface area contributed by atoms with Gasteiger partial charge in [0.05, 0.1) is 17.6 Å². The Morgan fingerprint density at radius 1 is 1.00 bits per heavy atom. The fourth-order valence-electron chi connectivity index (χ4n) is 4.32. The highest BCUT2D eigenvalue weighted by atomic mass is 35.5. The molecule has 3 aromatic carbocycles. The third kappa shape index (κ3) is 3.25. The molecule has 4 nitrogen and oxygen atoms in total. The molecular formula is C25H22ClFN2O2. The minimum absolute atomic E-state index is 0.106. The third-order valence-corrected chi connectivity index (χ3v) is 6.19. The van der Waals surface area contributed by atoms with Crippen molar-refractivity contribution in [2.24, 2.45) is 7.05 Å². The number of aromatic amines is 1. The van der Waals surface area contributed by atoms with Crippen LogP contribution in [-0.2, 0) is 7.05 Å². The summed E-state index contributed by atoms with van der Waals surface area (Å²) < 4.78 is 22.6. The van der Waals surface area contributed by atoms with Crippen LogP contribution in [-0.4, -0.2) is 27.9 Å². The van der Waals surface area contributed by atoms with E-state index in [1.54, 1.807) is 12.1 Å². The van der Waals surface area contributed by atoms with E-state index in [9.17, 15) is 4.39 Å². The minimum atomic E-state index is -0.386. The Hall–Kier alpha value is -3.02. The lowest BCUT2D eigenvalue weighted by atomic mass is 9.97. The molecule has 0 saturated heterocycles. The summed E-state index contributed by atoms with van der Waals surface area (Å²) in [6, 6.07) is 13.2. The maximum Gasteiger partial charge on any atom is 0.165 e. The summed E-state index contributed by atoms with van der Waals surface area (Å²) in [4.78, 5) is 3.21. The van der Waals surface area contributed by atoms with E-state index < -0.39 is 0 Å². The highest BCUT2D eigenvalue weighted by Gasteiger charge is 2.19. The number of aliphatic hydroxyl groups excluding tert-OH is 1. The van der Waals surface area contributed by atoms with Crippen LogP contribution in [0.25, 0.3) is 43.7 Å². The van der Waals surface area contributed by atoms with Gasteiger partial charge < -0.3 is 19.4 Å². The van der Waals surface area contributed by atoms with Gasteiger partial charge in [0.1, 0.15) is 0 Å². The van der Waals surface area contributed by atoms with Gasteiger partial charge in [-0.2, -0.15) is 0 Å². The lowest BCUT2D eigenvalue weighted by molar-refractivity contribution is 0.248. The number of aromatic nitrogens is 2. The summed E-state index contributed by atoms with van der Waals surface area (Å²) in [5.74, 6) is -0.157. The minimum Gasteiger partial charge on any atom is -0.490 e. The van der Waals surface area contributed by atoms with E-state index in [-0.39, 0.29) is 18.2 Å². The van der Waals surface area contributed by atoms with Crippen molar-refractivity contribution in [3.05, 3.63) is 65.7 Å². The second-order valence-electron chi connectivity index (χ2n) is 7.72. The molecule has 6 heteroatoms. The summed E-state index contributed by atoms with van der Waals surface area (Å²) in [6.45, 7) is 0.472. The highest BCUT2D eigenvalue weighted by molar-refractivity contribution is 6.34. The molecule has 0 unspecified atom stereocenters. The number of nitrogens with zero attached hydrogens (tertiary/aromatic N) is 1. The van der Waals surface area contributed by atoms with Crippen molar-refractivity contribution in [3.63, 3.8) is 0 Å². The number of benzene rings is 3. The van der Waals surface area contributed by atoms with Crippen LogP contribution in [0.4, 0.5) is 4.39 Å². The van der Waals surface area contributed by atoms with Gasteiger partial charge in [0.25, 0.3) is 0 Å². The van der Waals surface area contributed by atoms with Gasteiger partial charge in [0.2, 0.25) is 0 Å². The Morgan fingerprint density at radius 2 is 1.81 bits per heavy atom. The van der Waals surface area contributed by atoms with E-state index in [4.69, 9.17) is 21.4 Å². The third-order valence-electron chi connectivity index (χ3n) is 5.86. The van der Waals surface area contributed by atoms with Gasteiger partial charge in [-0.1, -0.05) is 29.8 Å². The van der Waals surface area contributed by atoms with Crippen LogP contribution in [0.2, 0.25) is 5.02 Å². The van der Waals surface area contributed by atoms with Crippen LogP contribution >= 0.6 is 11.6 Å². The first-order valence-corrected chi connectivity index (χ1v) is 10.7. The summed E-state index contributed by atoms with van der Waals surface area (Å²) in [5.41, 5.74) is 3.88. The molecule has 2 aromatic heterocycles. The van der Waals surface area contributed by atoms with E-state index >= 15 is 0 Å². The average molecular weight is 437 g/mol. The molecule has 0 atom stereocenters. The van der Waals surface area contributed by atoms with Gasteiger partial charge in [-0.25, -0.2) is 4.39 Å². The van der Waals surface area contributed by atoms with Crippen LogP contribution in [0, 0.1) is 5.82 Å². The number of H-pyrrole nitrogens is 1. The first-order valence-electron chi connectivity index (χ1n) is 10.3. The Kier molecular flexibility index (Phi) is 5.08. The van der Waals surface area contributed by atoms with Crippen molar-refractivity contribution in [3.8, 4) is 16.9 Å². The number of nitrogens with one attached hydrogen (secondary N) is 1. The summed E-state index contributed by atoms with van der Waals surface area (Å²) in [7, 11) is 1.98. The van der Waals surface area contributed by atoms with Gasteiger partial charge >= 0.3 is 0 Å². The number of rotatable bonds is 6. The van der Waals surface area contributed by atoms with E-state index in [0.29, 0.717) is 24.5 Å². The van der Waals surface area contributed by atoms with Crippen LogP contribution in [0.15, 0.2) is 54.9 Å². The standard InChI is InChI=1S/C25H22ClFN2O2/c1-29-22-12-24(31-9-5-4-8-30)21(27)10-17(22)25-19-14-28-13-18(19)16(11-23(25)29)15-6-2-3-7-20(15)26/h2-3,6-7,10-14,28,30H,4-5,8-9H2,1H3. The molecule has 0 spiro atoms. The SMILES string of the molecule is Cn1c2cc(OCCCCO)c(F)cc2c2c3c[nH]cc3c(-c3ccccc3Cl)cc21. The van der Waals surface area contributed by atoms with Crippen molar-refractivity contribution >= 4 is 44.2 Å². The van der Waals surface area contributed by atoms with Crippen molar-refractivity contribution < 1.29 is 14.2 Å². The molecule has 2 heterocycles. The predicted octanol–water partition coefficient (Wildman–Crippen LogP) is 6.42. The van der Waals surface area contributed by atoms with Crippen molar-refractivity contribution in [2.75, 3.05) is 13.2 Å². The molecular weight excluding hydrogens is 415 g/mol. The molecule has 0 radical (unpaired) electrons. The predicted molar refractivity (Wildman–Crippen MR) is 125 cm³/mol. The number of fused-ring (bicyclic) bond motifs is 5. The summed E-state index contributed by atoms with van der Waals surface area (Å²) in [5, 5.41) is 13.5. The fraction of sp³-hybridized carbons (Fsp3) is 0.200. The molecule has 2 N–H and O–H groups in total. The summed E-state index contributed by atoms with van der Waals surface area (Å²) in [6.07, 6.45) is 5.22. The second-order valence-corrected chi connectivity index (χ2v) is 8.13. The molecule has 0 saturated carbocycles. The molecule has 31 heavy (non-hydrogen) atoms. The quantitative estimate of drug-likeness (QED) is 0.301. The Labute approximate surface area is 183 Å². The van der Waals surface area contributed by atoms with E-state index in [0.717, 1.165) is 43.7 Å². The number of hydrogen-bond acceptors (Lipinski definition) is 2. The molecule has 0 aliphatic heterocycles. The topological polar surface area (TPSA) is 50.2 Å². The lowest BCUT2D eigenvalue weighted by Crippen LogP contribution is -2.00. The highest BCUT2D eigenvalue weighted by Crippen LogP contribution is 2.42. The first kappa shape index (κ1) is 19.9. The van der Waals surface area contributed by atoms with Crippen molar-refractivity contribution in [1.82, 2.24) is 9.55 Å². The molecule has 158 valence electrons. The molecule has 0 aliphatic carbocycles. The maximum absolute atomic E-state index is 14.9. The van der Waals surface area contributed by atoms with Gasteiger partial charge in [-0.15, -0.1) is 0 Å². The zero-order valence-electron chi connectivity index (χ0n) is 17.1. The van der Waals surface area contributed by atoms with Crippen molar-refractivity contribution in [2.45, 2.75) is 12.8 Å². The zero-order chi connectivity index (χ0) is 21.5. The number of unbranched alkanes of at least 4 members (excludes halogenated alkanes) is 1. The Bertz CT molecular complexity index is 1420. The number of ether oxygens (including phenoxy) is 1. The molecule has 0 amide bonds.